The molecule has 0 radical (unpaired) electrons. The van der Waals surface area contributed by atoms with Gasteiger partial charge in [-0.05, 0) is 19.8 Å². The summed E-state index contributed by atoms with van der Waals surface area (Å²) in [5, 5.41) is 31.6. The Labute approximate surface area is 164 Å². The maximum Gasteiger partial charge on any atom is 1.00 e. The fraction of sp³-hybridized carbons (Fsp3) is 0.667. The molecule has 0 aliphatic heterocycles. The van der Waals surface area contributed by atoms with Crippen molar-refractivity contribution in [3.8, 4) is 0 Å². The number of carbonyl (C=O) groups is 3. The van der Waals surface area contributed by atoms with Gasteiger partial charge in [0.25, 0.3) is 0 Å². The Morgan fingerprint density at radius 2 is 1.88 bits per heavy atom. The number of quaternary nitrogens is 1. The molecule has 1 amide bonds. The normalized spacial score (nSPS) is 13.1. The van der Waals surface area contributed by atoms with Crippen molar-refractivity contribution in [2.24, 2.45) is 0 Å². The van der Waals surface area contributed by atoms with E-state index < -0.39 is 25.0 Å². The summed E-state index contributed by atoms with van der Waals surface area (Å²) in [5.41, 5.74) is 0. The van der Waals surface area contributed by atoms with Crippen LogP contribution in [0.4, 0.5) is 0 Å². The van der Waals surface area contributed by atoms with Gasteiger partial charge in [0.15, 0.2) is 6.54 Å². The van der Waals surface area contributed by atoms with Gasteiger partial charge in [0.1, 0.15) is 13.1 Å². The summed E-state index contributed by atoms with van der Waals surface area (Å²) in [6.45, 7) is 0.786. The van der Waals surface area contributed by atoms with Crippen LogP contribution in [0.3, 0.4) is 0 Å². The zero-order valence-electron chi connectivity index (χ0n) is 14.5. The number of amides is 1. The van der Waals surface area contributed by atoms with E-state index in [2.05, 4.69) is 5.32 Å². The second kappa shape index (κ2) is 14.4. The fourth-order valence-electron chi connectivity index (χ4n) is 2.32. The molecule has 0 fully saturated rings. The molecule has 0 heterocycles. The van der Waals surface area contributed by atoms with Crippen LogP contribution in [0, 0.1) is 0 Å². The molecule has 0 aliphatic carbocycles. The van der Waals surface area contributed by atoms with Crippen molar-refractivity contribution in [2.45, 2.75) is 26.2 Å². The van der Waals surface area contributed by atoms with Gasteiger partial charge in [-0.2, -0.15) is 0 Å². The van der Waals surface area contributed by atoms with Crippen molar-refractivity contribution in [3.63, 3.8) is 0 Å². The van der Waals surface area contributed by atoms with E-state index >= 15 is 0 Å². The monoisotopic (exact) mass is 353 g/mol. The van der Waals surface area contributed by atoms with E-state index in [1.807, 2.05) is 19.1 Å². The first kappa shape index (κ1) is 25.3. The number of unbranched alkanes of at least 4 members (excludes halogenated alkanes) is 1. The Bertz CT molecular complexity index is 412. The molecular formula is C15H26N2NaO6+. The number of rotatable bonds is 13. The Morgan fingerprint density at radius 1 is 1.21 bits per heavy atom. The van der Waals surface area contributed by atoms with Gasteiger partial charge < -0.3 is 29.9 Å². The molecule has 0 spiro atoms. The molecule has 9 heteroatoms. The standard InChI is InChI=1S/C15H26N2O6.Na/c1-2-3-4-5-6-13(19)16-7-8-17(9-10-18,11-14(20)21)12-15(22)23;/h2-3,18H,4-12H2,1H3,(H2-,16,19,20,21,22,23);/q;+1/b3-2+;. The van der Waals surface area contributed by atoms with Crippen LogP contribution in [0.1, 0.15) is 26.2 Å². The maximum atomic E-state index is 11.7. The van der Waals surface area contributed by atoms with Gasteiger partial charge in [-0.15, -0.1) is 0 Å². The van der Waals surface area contributed by atoms with E-state index in [9.17, 15) is 19.5 Å². The summed E-state index contributed by atoms with van der Waals surface area (Å²) < 4.78 is -0.368. The van der Waals surface area contributed by atoms with Crippen molar-refractivity contribution >= 4 is 17.8 Å². The first-order valence-electron chi connectivity index (χ1n) is 7.60. The molecule has 1 unspecified atom stereocenters. The predicted octanol–water partition coefficient (Wildman–Crippen LogP) is -4.50. The van der Waals surface area contributed by atoms with Crippen LogP contribution in [0.2, 0.25) is 0 Å². The summed E-state index contributed by atoms with van der Waals surface area (Å²) in [4.78, 5) is 33.5. The molecule has 8 nitrogen and oxygen atoms in total. The van der Waals surface area contributed by atoms with E-state index in [1.165, 1.54) is 0 Å². The number of nitrogens with zero attached hydrogens (tertiary/aromatic N) is 1. The number of allylic oxidation sites excluding steroid dienone is 2. The number of aliphatic hydroxyl groups is 1. The molecule has 24 heavy (non-hydrogen) atoms. The van der Waals surface area contributed by atoms with Gasteiger partial charge >= 0.3 is 35.5 Å². The van der Waals surface area contributed by atoms with E-state index in [-0.39, 0.29) is 66.2 Å². The zero-order chi connectivity index (χ0) is 17.7. The number of carboxylic acids is 2. The van der Waals surface area contributed by atoms with Crippen molar-refractivity contribution in [3.05, 3.63) is 12.2 Å². The third-order valence-corrected chi connectivity index (χ3v) is 3.43. The largest absolute Gasteiger partial charge is 1.00 e. The SMILES string of the molecule is C/C=C/CCCC(=O)NCC[N+](CCO)(CC(=O)[O-])CC(=O)O.[Na+]. The number of hydrogen-bond donors (Lipinski definition) is 3. The topological polar surface area (TPSA) is 127 Å². The average Bonchev–Trinajstić information content (AvgIpc) is 2.42. The third kappa shape index (κ3) is 12.5. The predicted molar refractivity (Wildman–Crippen MR) is 81.1 cm³/mol. The molecule has 0 aromatic heterocycles. The summed E-state index contributed by atoms with van der Waals surface area (Å²) in [6.07, 6.45) is 5.73. The van der Waals surface area contributed by atoms with E-state index in [4.69, 9.17) is 10.2 Å². The Morgan fingerprint density at radius 3 is 2.38 bits per heavy atom. The molecule has 0 aromatic rings. The van der Waals surface area contributed by atoms with Crippen molar-refractivity contribution in [1.82, 2.24) is 5.32 Å². The van der Waals surface area contributed by atoms with Gasteiger partial charge in [0.05, 0.1) is 25.7 Å². The van der Waals surface area contributed by atoms with E-state index in [1.54, 1.807) is 0 Å². The molecule has 1 atom stereocenters. The van der Waals surface area contributed by atoms with Crippen LogP contribution in [-0.2, 0) is 14.4 Å². The summed E-state index contributed by atoms with van der Waals surface area (Å²) >= 11 is 0. The van der Waals surface area contributed by atoms with Crippen LogP contribution in [0.25, 0.3) is 0 Å². The van der Waals surface area contributed by atoms with Crippen LogP contribution in [0.15, 0.2) is 12.2 Å². The second-order valence-corrected chi connectivity index (χ2v) is 5.41. The molecule has 0 saturated heterocycles. The number of aliphatic carboxylic acids is 2. The van der Waals surface area contributed by atoms with Gasteiger partial charge in [0, 0.05) is 6.42 Å². The molecule has 0 aliphatic rings. The number of hydrogen-bond acceptors (Lipinski definition) is 5. The average molecular weight is 353 g/mol. The molecule has 0 rings (SSSR count). The Kier molecular flexibility index (Phi) is 15.2. The van der Waals surface area contributed by atoms with Crippen molar-refractivity contribution < 1.29 is 63.7 Å². The molecule has 3 N–H and O–H groups in total. The van der Waals surface area contributed by atoms with E-state index in [0.29, 0.717) is 12.8 Å². The molecule has 132 valence electrons. The maximum absolute atomic E-state index is 11.7. The van der Waals surface area contributed by atoms with Crippen molar-refractivity contribution in [1.29, 1.82) is 0 Å². The Balaban J connectivity index is 0. The second-order valence-electron chi connectivity index (χ2n) is 5.41. The number of carboxylic acid groups (broad SMARTS) is 2. The van der Waals surface area contributed by atoms with Crippen molar-refractivity contribution in [2.75, 3.05) is 39.3 Å². The number of aliphatic hydroxyl groups excluding tert-OH is 1. The van der Waals surface area contributed by atoms with Crippen LogP contribution in [-0.4, -0.2) is 71.9 Å². The van der Waals surface area contributed by atoms with E-state index in [0.717, 1.165) is 6.42 Å². The summed E-state index contributed by atoms with van der Waals surface area (Å²) in [6, 6.07) is 0. The summed E-state index contributed by atoms with van der Waals surface area (Å²) in [5.74, 6) is -2.73. The molecule has 0 aromatic carbocycles. The van der Waals surface area contributed by atoms with Gasteiger partial charge in [-0.25, -0.2) is 4.79 Å². The molecule has 0 bridgehead atoms. The summed E-state index contributed by atoms with van der Waals surface area (Å²) in [7, 11) is 0. The minimum atomic E-state index is -1.39. The van der Waals surface area contributed by atoms with Crippen LogP contribution < -0.4 is 40.0 Å². The smallest absolute Gasteiger partial charge is 0.544 e. The van der Waals surface area contributed by atoms with Gasteiger partial charge in [0.2, 0.25) is 5.91 Å². The first-order chi connectivity index (χ1) is 10.8. The number of nitrogens with one attached hydrogen (secondary N) is 1. The Hall–Kier alpha value is -0.930. The van der Waals surface area contributed by atoms with Gasteiger partial charge in [-0.3, -0.25) is 4.79 Å². The van der Waals surface area contributed by atoms with Crippen LogP contribution in [0.5, 0.6) is 0 Å². The fourth-order valence-corrected chi connectivity index (χ4v) is 2.32. The third-order valence-electron chi connectivity index (χ3n) is 3.43. The molecular weight excluding hydrogens is 327 g/mol. The minimum Gasteiger partial charge on any atom is -0.544 e. The van der Waals surface area contributed by atoms with Gasteiger partial charge in [-0.1, -0.05) is 12.2 Å². The zero-order valence-corrected chi connectivity index (χ0v) is 16.5. The molecule has 0 saturated carbocycles. The van der Waals surface area contributed by atoms with Crippen LogP contribution >= 0.6 is 0 Å². The minimum absolute atomic E-state index is 0. The number of carbonyl (C=O) groups excluding carboxylic acids is 2. The quantitative estimate of drug-likeness (QED) is 0.133. The first-order valence-corrected chi connectivity index (χ1v) is 7.60.